The molecule has 1 fully saturated rings. The fourth-order valence-corrected chi connectivity index (χ4v) is 3.25. The fourth-order valence-electron chi connectivity index (χ4n) is 3.25. The molecule has 1 aliphatic heterocycles. The quantitative estimate of drug-likeness (QED) is 0.851. The highest BCUT2D eigenvalue weighted by atomic mass is 16.5. The number of hydrogen-bond donors (Lipinski definition) is 1. The molecule has 2 amide bonds. The molecule has 2 aromatic rings. The highest BCUT2D eigenvalue weighted by Gasteiger charge is 2.27. The highest BCUT2D eigenvalue weighted by molar-refractivity contribution is 5.92. The van der Waals surface area contributed by atoms with E-state index in [-0.39, 0.29) is 24.3 Å². The Labute approximate surface area is 160 Å². The highest BCUT2D eigenvalue weighted by Crippen LogP contribution is 2.20. The SMILES string of the molecule is CCc1cccc(OCC(=O)N2CCC(C(=O)Nc3ccccc3)CC2)c1. The van der Waals surface area contributed by atoms with Crippen LogP contribution in [0.1, 0.15) is 25.3 Å². The van der Waals surface area contributed by atoms with E-state index in [1.165, 1.54) is 5.56 Å². The van der Waals surface area contributed by atoms with Crippen molar-refractivity contribution in [2.75, 3.05) is 25.0 Å². The summed E-state index contributed by atoms with van der Waals surface area (Å²) in [6.45, 7) is 3.30. The number of rotatable bonds is 6. The summed E-state index contributed by atoms with van der Waals surface area (Å²) >= 11 is 0. The number of carbonyl (C=O) groups excluding carboxylic acids is 2. The van der Waals surface area contributed by atoms with Gasteiger partial charge in [-0.1, -0.05) is 37.3 Å². The molecule has 0 spiro atoms. The number of amides is 2. The molecule has 0 atom stereocenters. The molecule has 0 bridgehead atoms. The van der Waals surface area contributed by atoms with Crippen LogP contribution in [0.5, 0.6) is 5.75 Å². The van der Waals surface area contributed by atoms with Gasteiger partial charge < -0.3 is 15.0 Å². The number of aryl methyl sites for hydroxylation is 1. The van der Waals surface area contributed by atoms with E-state index in [2.05, 4.69) is 12.2 Å². The fraction of sp³-hybridized carbons (Fsp3) is 0.364. The molecule has 1 saturated heterocycles. The number of carbonyl (C=O) groups is 2. The first-order valence-electron chi connectivity index (χ1n) is 9.51. The number of para-hydroxylation sites is 1. The zero-order chi connectivity index (χ0) is 19.1. The Morgan fingerprint density at radius 3 is 2.52 bits per heavy atom. The second kappa shape index (κ2) is 9.21. The molecular formula is C22H26N2O3. The first-order valence-corrected chi connectivity index (χ1v) is 9.51. The minimum Gasteiger partial charge on any atom is -0.484 e. The van der Waals surface area contributed by atoms with Crippen molar-refractivity contribution in [3.05, 3.63) is 60.2 Å². The van der Waals surface area contributed by atoms with Crippen molar-refractivity contribution in [2.45, 2.75) is 26.2 Å². The lowest BCUT2D eigenvalue weighted by atomic mass is 9.95. The molecule has 1 N–H and O–H groups in total. The van der Waals surface area contributed by atoms with Gasteiger partial charge in [0, 0.05) is 24.7 Å². The molecule has 0 saturated carbocycles. The summed E-state index contributed by atoms with van der Waals surface area (Å²) < 4.78 is 5.65. The van der Waals surface area contributed by atoms with E-state index in [1.54, 1.807) is 4.90 Å². The first kappa shape index (κ1) is 19.0. The van der Waals surface area contributed by atoms with Crippen molar-refractivity contribution in [3.8, 4) is 5.75 Å². The number of benzene rings is 2. The van der Waals surface area contributed by atoms with Gasteiger partial charge in [0.2, 0.25) is 5.91 Å². The lowest BCUT2D eigenvalue weighted by Gasteiger charge is -2.31. The first-order chi connectivity index (χ1) is 13.2. The Morgan fingerprint density at radius 1 is 1.07 bits per heavy atom. The number of likely N-dealkylation sites (tertiary alicyclic amines) is 1. The monoisotopic (exact) mass is 366 g/mol. The van der Waals surface area contributed by atoms with Crippen LogP contribution in [0.2, 0.25) is 0 Å². The van der Waals surface area contributed by atoms with Crippen molar-refractivity contribution in [1.82, 2.24) is 4.90 Å². The topological polar surface area (TPSA) is 58.6 Å². The zero-order valence-corrected chi connectivity index (χ0v) is 15.7. The van der Waals surface area contributed by atoms with Crippen LogP contribution in [0.4, 0.5) is 5.69 Å². The van der Waals surface area contributed by atoms with E-state index in [0.29, 0.717) is 25.9 Å². The molecule has 0 unspecified atom stereocenters. The number of ether oxygens (including phenoxy) is 1. The predicted molar refractivity (Wildman–Crippen MR) is 106 cm³/mol. The third-order valence-corrected chi connectivity index (χ3v) is 4.93. The minimum absolute atomic E-state index is 0.0286. The summed E-state index contributed by atoms with van der Waals surface area (Å²) in [6, 6.07) is 17.3. The van der Waals surface area contributed by atoms with Gasteiger partial charge in [0.05, 0.1) is 0 Å². The van der Waals surface area contributed by atoms with Gasteiger partial charge in [0.1, 0.15) is 5.75 Å². The molecule has 2 aromatic carbocycles. The zero-order valence-electron chi connectivity index (χ0n) is 15.7. The standard InChI is InChI=1S/C22H26N2O3/c1-2-17-7-6-10-20(15-17)27-16-21(25)24-13-11-18(12-14-24)22(26)23-19-8-4-3-5-9-19/h3-10,15,18H,2,11-14,16H2,1H3,(H,23,26). The average Bonchev–Trinajstić information content (AvgIpc) is 2.73. The normalized spacial score (nSPS) is 14.6. The van der Waals surface area contributed by atoms with E-state index < -0.39 is 0 Å². The second-order valence-corrected chi connectivity index (χ2v) is 6.80. The van der Waals surface area contributed by atoms with Crippen LogP contribution in [0.15, 0.2) is 54.6 Å². The van der Waals surface area contributed by atoms with Crippen LogP contribution < -0.4 is 10.1 Å². The molecule has 0 aromatic heterocycles. The molecular weight excluding hydrogens is 340 g/mol. The summed E-state index contributed by atoms with van der Waals surface area (Å²) in [7, 11) is 0. The van der Waals surface area contributed by atoms with Crippen molar-refractivity contribution < 1.29 is 14.3 Å². The minimum atomic E-state index is -0.0589. The number of anilines is 1. The molecule has 142 valence electrons. The van der Waals surface area contributed by atoms with Crippen LogP contribution >= 0.6 is 0 Å². The van der Waals surface area contributed by atoms with Crippen molar-refractivity contribution >= 4 is 17.5 Å². The van der Waals surface area contributed by atoms with E-state index >= 15 is 0 Å². The Kier molecular flexibility index (Phi) is 6.47. The smallest absolute Gasteiger partial charge is 0.260 e. The van der Waals surface area contributed by atoms with Crippen LogP contribution in [-0.4, -0.2) is 36.4 Å². The van der Waals surface area contributed by atoms with Crippen molar-refractivity contribution in [3.63, 3.8) is 0 Å². The molecule has 5 nitrogen and oxygen atoms in total. The number of nitrogens with zero attached hydrogens (tertiary/aromatic N) is 1. The average molecular weight is 366 g/mol. The summed E-state index contributed by atoms with van der Waals surface area (Å²) in [5, 5.41) is 2.95. The molecule has 0 aliphatic carbocycles. The lowest BCUT2D eigenvalue weighted by molar-refractivity contribution is -0.136. The second-order valence-electron chi connectivity index (χ2n) is 6.80. The summed E-state index contributed by atoms with van der Waals surface area (Å²) in [5.74, 6) is 0.663. The van der Waals surface area contributed by atoms with E-state index in [1.807, 2.05) is 54.6 Å². The Balaban J connectivity index is 1.44. The van der Waals surface area contributed by atoms with E-state index in [4.69, 9.17) is 4.74 Å². The van der Waals surface area contributed by atoms with Gasteiger partial charge in [-0.25, -0.2) is 0 Å². The van der Waals surface area contributed by atoms with Crippen LogP contribution in [0.3, 0.4) is 0 Å². The van der Waals surface area contributed by atoms with Crippen molar-refractivity contribution in [1.29, 1.82) is 0 Å². The van der Waals surface area contributed by atoms with Crippen LogP contribution in [0, 0.1) is 5.92 Å². The van der Waals surface area contributed by atoms with Gasteiger partial charge in [0.15, 0.2) is 6.61 Å². The van der Waals surface area contributed by atoms with Gasteiger partial charge >= 0.3 is 0 Å². The maximum Gasteiger partial charge on any atom is 0.260 e. The molecule has 0 radical (unpaired) electrons. The third-order valence-electron chi connectivity index (χ3n) is 4.93. The van der Waals surface area contributed by atoms with Gasteiger partial charge in [-0.05, 0) is 49.1 Å². The van der Waals surface area contributed by atoms with Crippen molar-refractivity contribution in [2.24, 2.45) is 5.92 Å². The largest absolute Gasteiger partial charge is 0.484 e. The summed E-state index contributed by atoms with van der Waals surface area (Å²) in [6.07, 6.45) is 2.29. The Hall–Kier alpha value is -2.82. The number of piperidine rings is 1. The predicted octanol–water partition coefficient (Wildman–Crippen LogP) is 3.51. The number of nitrogens with one attached hydrogen (secondary N) is 1. The summed E-state index contributed by atoms with van der Waals surface area (Å²) in [5.41, 5.74) is 1.99. The maximum absolute atomic E-state index is 12.4. The Morgan fingerprint density at radius 2 is 1.81 bits per heavy atom. The third kappa shape index (κ3) is 5.33. The molecule has 5 heteroatoms. The summed E-state index contributed by atoms with van der Waals surface area (Å²) in [4.78, 5) is 26.6. The van der Waals surface area contributed by atoms with Gasteiger partial charge in [-0.3, -0.25) is 9.59 Å². The van der Waals surface area contributed by atoms with Gasteiger partial charge in [-0.15, -0.1) is 0 Å². The molecule has 1 aliphatic rings. The van der Waals surface area contributed by atoms with Crippen LogP contribution in [0.25, 0.3) is 0 Å². The van der Waals surface area contributed by atoms with E-state index in [0.717, 1.165) is 17.9 Å². The number of hydrogen-bond acceptors (Lipinski definition) is 3. The van der Waals surface area contributed by atoms with Gasteiger partial charge in [0.25, 0.3) is 5.91 Å². The Bertz CT molecular complexity index is 768. The van der Waals surface area contributed by atoms with Gasteiger partial charge in [-0.2, -0.15) is 0 Å². The molecule has 3 rings (SSSR count). The molecule has 27 heavy (non-hydrogen) atoms. The van der Waals surface area contributed by atoms with Crippen LogP contribution in [-0.2, 0) is 16.0 Å². The lowest BCUT2D eigenvalue weighted by Crippen LogP contribution is -2.43. The van der Waals surface area contributed by atoms with E-state index in [9.17, 15) is 9.59 Å². The molecule has 1 heterocycles. The maximum atomic E-state index is 12.4.